The van der Waals surface area contributed by atoms with Gasteiger partial charge in [0.15, 0.2) is 5.05 Å². The molecule has 0 fully saturated rings. The van der Waals surface area contributed by atoms with Gasteiger partial charge in [0.05, 0.1) is 12.0 Å². The topological polar surface area (TPSA) is 9.23 Å². The first kappa shape index (κ1) is 9.55. The molecule has 1 aromatic carbocycles. The van der Waals surface area contributed by atoms with Gasteiger partial charge in [0.1, 0.15) is 0 Å². The maximum absolute atomic E-state index is 5.09. The summed E-state index contributed by atoms with van der Waals surface area (Å²) in [4.78, 5) is 0. The van der Waals surface area contributed by atoms with Crippen molar-refractivity contribution in [3.63, 3.8) is 0 Å². The summed E-state index contributed by atoms with van der Waals surface area (Å²) in [7, 11) is 0. The summed E-state index contributed by atoms with van der Waals surface area (Å²) in [6.07, 6.45) is 2.58. The molecule has 0 aliphatic heterocycles. The summed E-state index contributed by atoms with van der Waals surface area (Å²) in [6, 6.07) is 10.1. The van der Waals surface area contributed by atoms with Crippen LogP contribution in [0.4, 0.5) is 0 Å². The molecule has 0 aliphatic rings. The van der Waals surface area contributed by atoms with Crippen molar-refractivity contribution in [1.82, 2.24) is 0 Å². The molecule has 1 aromatic rings. The number of hydrogen-bond donors (Lipinski definition) is 0. The summed E-state index contributed by atoms with van der Waals surface area (Å²) in [6.45, 7) is 0. The van der Waals surface area contributed by atoms with E-state index in [9.17, 15) is 0 Å². The molecule has 0 atom stereocenters. The number of hydrogen-bond acceptors (Lipinski definition) is 3. The highest BCUT2D eigenvalue weighted by molar-refractivity contribution is 7.95. The van der Waals surface area contributed by atoms with E-state index in [1.165, 1.54) is 17.6 Å². The molecule has 0 heterocycles. The lowest BCUT2D eigenvalue weighted by Crippen LogP contribution is -1.99. The highest BCUT2D eigenvalue weighted by Crippen LogP contribution is 2.05. The fraction of sp³-hybridized carbons (Fsp3) is 0.222. The Balaban J connectivity index is 2.47. The van der Waals surface area contributed by atoms with Crippen molar-refractivity contribution in [2.45, 2.75) is 6.42 Å². The fourth-order valence-corrected chi connectivity index (χ4v) is 1.50. The largest absolute Gasteiger partial charge is 0.419 e. The molecule has 1 rings (SSSR count). The summed E-state index contributed by atoms with van der Waals surface area (Å²) in [5.74, 6) is 0. The SMILES string of the molecule is CSOC(=S)Cc1ccccc1. The Labute approximate surface area is 82.3 Å². The minimum atomic E-state index is 0.633. The third kappa shape index (κ3) is 3.24. The Kier molecular flexibility index (Phi) is 4.11. The van der Waals surface area contributed by atoms with Crippen LogP contribution in [-0.4, -0.2) is 11.3 Å². The van der Waals surface area contributed by atoms with E-state index in [-0.39, 0.29) is 0 Å². The van der Waals surface area contributed by atoms with E-state index in [1.807, 2.05) is 36.6 Å². The van der Waals surface area contributed by atoms with Crippen LogP contribution in [-0.2, 0) is 10.6 Å². The molecule has 0 amide bonds. The van der Waals surface area contributed by atoms with Gasteiger partial charge in [-0.05, 0) is 17.8 Å². The fourth-order valence-electron chi connectivity index (χ4n) is 0.885. The molecule has 1 nitrogen and oxygen atoms in total. The first-order valence-corrected chi connectivity index (χ1v) is 5.16. The van der Waals surface area contributed by atoms with Crippen LogP contribution in [0.15, 0.2) is 30.3 Å². The van der Waals surface area contributed by atoms with E-state index in [4.69, 9.17) is 16.4 Å². The van der Waals surface area contributed by atoms with Crippen molar-refractivity contribution >= 4 is 29.3 Å². The van der Waals surface area contributed by atoms with Gasteiger partial charge in [-0.1, -0.05) is 30.3 Å². The van der Waals surface area contributed by atoms with E-state index in [0.717, 1.165) is 6.42 Å². The summed E-state index contributed by atoms with van der Waals surface area (Å²) < 4.78 is 5.09. The average molecular weight is 198 g/mol. The van der Waals surface area contributed by atoms with Gasteiger partial charge in [-0.2, -0.15) is 0 Å². The monoisotopic (exact) mass is 198 g/mol. The molecule has 12 heavy (non-hydrogen) atoms. The van der Waals surface area contributed by atoms with Crippen LogP contribution in [0.25, 0.3) is 0 Å². The Bertz CT molecular complexity index is 246. The van der Waals surface area contributed by atoms with Gasteiger partial charge < -0.3 is 4.18 Å². The van der Waals surface area contributed by atoms with E-state index < -0.39 is 0 Å². The van der Waals surface area contributed by atoms with Gasteiger partial charge in [0.2, 0.25) is 0 Å². The van der Waals surface area contributed by atoms with Gasteiger partial charge >= 0.3 is 0 Å². The zero-order valence-corrected chi connectivity index (χ0v) is 8.45. The van der Waals surface area contributed by atoms with E-state index in [0.29, 0.717) is 5.05 Å². The molecule has 0 saturated carbocycles. The van der Waals surface area contributed by atoms with Crippen molar-refractivity contribution in [2.24, 2.45) is 0 Å². The smallest absolute Gasteiger partial charge is 0.181 e. The van der Waals surface area contributed by atoms with Crippen molar-refractivity contribution < 1.29 is 4.18 Å². The Morgan fingerprint density at radius 1 is 1.42 bits per heavy atom. The minimum absolute atomic E-state index is 0.633. The van der Waals surface area contributed by atoms with Crippen LogP contribution < -0.4 is 0 Å². The molecule has 0 spiro atoms. The maximum Gasteiger partial charge on any atom is 0.181 e. The van der Waals surface area contributed by atoms with Crippen LogP contribution in [0, 0.1) is 0 Å². The molecular weight excluding hydrogens is 188 g/mol. The lowest BCUT2D eigenvalue weighted by atomic mass is 10.2. The van der Waals surface area contributed by atoms with Crippen molar-refractivity contribution in [1.29, 1.82) is 0 Å². The molecule has 0 unspecified atom stereocenters. The third-order valence-corrected chi connectivity index (χ3v) is 2.07. The summed E-state index contributed by atoms with van der Waals surface area (Å²) in [5, 5.41) is 0.633. The van der Waals surface area contributed by atoms with E-state index in [2.05, 4.69) is 0 Å². The Morgan fingerprint density at radius 2 is 2.08 bits per heavy atom. The van der Waals surface area contributed by atoms with Crippen LogP contribution >= 0.6 is 24.3 Å². The molecule has 0 bridgehead atoms. The second-order valence-electron chi connectivity index (χ2n) is 2.28. The van der Waals surface area contributed by atoms with Crippen LogP contribution in [0.5, 0.6) is 0 Å². The molecule has 0 aromatic heterocycles. The lowest BCUT2D eigenvalue weighted by Gasteiger charge is -2.02. The number of benzene rings is 1. The van der Waals surface area contributed by atoms with Gasteiger partial charge in [0.25, 0.3) is 0 Å². The van der Waals surface area contributed by atoms with Crippen molar-refractivity contribution in [2.75, 3.05) is 6.26 Å². The van der Waals surface area contributed by atoms with Crippen molar-refractivity contribution in [3.8, 4) is 0 Å². The summed E-state index contributed by atoms with van der Waals surface area (Å²) >= 11 is 6.28. The average Bonchev–Trinajstić information content (AvgIpc) is 2.06. The Hall–Kier alpha value is -0.540. The molecule has 0 aliphatic carbocycles. The standard InChI is InChI=1S/C9H10OS2/c1-12-10-9(11)7-8-5-3-2-4-6-8/h2-6H,7H2,1H3. The second kappa shape index (κ2) is 5.17. The van der Waals surface area contributed by atoms with Gasteiger partial charge in [-0.15, -0.1) is 0 Å². The first-order chi connectivity index (χ1) is 5.83. The molecule has 0 radical (unpaired) electrons. The number of thiocarbonyl (C=S) groups is 1. The molecule has 0 N–H and O–H groups in total. The zero-order chi connectivity index (χ0) is 8.81. The van der Waals surface area contributed by atoms with E-state index in [1.54, 1.807) is 0 Å². The van der Waals surface area contributed by atoms with Gasteiger partial charge in [-0.25, -0.2) is 0 Å². The normalized spacial score (nSPS) is 9.42. The van der Waals surface area contributed by atoms with Crippen LogP contribution in [0.2, 0.25) is 0 Å². The molecule has 64 valence electrons. The van der Waals surface area contributed by atoms with Crippen molar-refractivity contribution in [3.05, 3.63) is 35.9 Å². The highest BCUT2D eigenvalue weighted by Gasteiger charge is 1.98. The highest BCUT2D eigenvalue weighted by atomic mass is 32.2. The van der Waals surface area contributed by atoms with Crippen LogP contribution in [0.3, 0.4) is 0 Å². The molecule has 0 saturated heterocycles. The first-order valence-electron chi connectivity index (χ1n) is 3.60. The predicted molar refractivity (Wildman–Crippen MR) is 57.3 cm³/mol. The quantitative estimate of drug-likeness (QED) is 0.546. The predicted octanol–water partition coefficient (Wildman–Crippen LogP) is 2.85. The Morgan fingerprint density at radius 3 is 2.67 bits per heavy atom. The second-order valence-corrected chi connectivity index (χ2v) is 3.24. The lowest BCUT2D eigenvalue weighted by molar-refractivity contribution is 0.651. The molecule has 3 heteroatoms. The summed E-state index contributed by atoms with van der Waals surface area (Å²) in [5.41, 5.74) is 1.19. The zero-order valence-electron chi connectivity index (χ0n) is 6.82. The maximum atomic E-state index is 5.09. The molecular formula is C9H10OS2. The van der Waals surface area contributed by atoms with Gasteiger partial charge in [-0.3, -0.25) is 0 Å². The van der Waals surface area contributed by atoms with Gasteiger partial charge in [0, 0.05) is 12.7 Å². The number of rotatable bonds is 3. The minimum Gasteiger partial charge on any atom is -0.419 e. The van der Waals surface area contributed by atoms with Crippen LogP contribution in [0.1, 0.15) is 5.56 Å². The third-order valence-electron chi connectivity index (χ3n) is 1.37. The van der Waals surface area contributed by atoms with E-state index >= 15 is 0 Å².